The van der Waals surface area contributed by atoms with Crippen LogP contribution in [0.2, 0.25) is 0 Å². The summed E-state index contributed by atoms with van der Waals surface area (Å²) in [6, 6.07) is 0. The number of ether oxygens (including phenoxy) is 18. The molecule has 35 unspecified atom stereocenters. The first-order valence-corrected chi connectivity index (χ1v) is 39.6. The van der Waals surface area contributed by atoms with Crippen molar-refractivity contribution in [1.82, 2.24) is 0 Å². The van der Waals surface area contributed by atoms with E-state index in [0.29, 0.717) is 70.1 Å². The van der Waals surface area contributed by atoms with Crippen LogP contribution in [0.25, 0.3) is 0 Å². The molecule has 3 N–H and O–H groups in total. The second kappa shape index (κ2) is 29.4. The van der Waals surface area contributed by atoms with Crippen LogP contribution in [0.15, 0.2) is 48.6 Å². The fourth-order valence-electron chi connectivity index (χ4n) is 22.3. The number of carbonyl (C=O) groups is 2. The van der Waals surface area contributed by atoms with Gasteiger partial charge in [-0.15, -0.1) is 0 Å². The van der Waals surface area contributed by atoms with Gasteiger partial charge in [0.1, 0.15) is 72.6 Å². The molecule has 20 heterocycles. The smallest absolute Gasteiger partial charge is 0.172 e. The van der Waals surface area contributed by atoms with E-state index in [-0.39, 0.29) is 233 Å². The highest BCUT2D eigenvalue weighted by Gasteiger charge is 2.71. The van der Waals surface area contributed by atoms with Crippen LogP contribution in [0, 0.1) is 23.7 Å². The molecule has 102 heavy (non-hydrogen) atoms. The molecule has 20 saturated heterocycles. The van der Waals surface area contributed by atoms with Gasteiger partial charge in [-0.2, -0.15) is 0 Å². The van der Waals surface area contributed by atoms with Crippen LogP contribution in [0.4, 0.5) is 0 Å². The Morgan fingerprint density at radius 2 is 0.833 bits per heavy atom. The van der Waals surface area contributed by atoms with E-state index in [4.69, 9.17) is 85.3 Å². The summed E-state index contributed by atoms with van der Waals surface area (Å²) in [7, 11) is 3.30. The second-order valence-corrected chi connectivity index (χ2v) is 34.2. The zero-order valence-electron chi connectivity index (χ0n) is 60.3. The van der Waals surface area contributed by atoms with Gasteiger partial charge >= 0.3 is 0 Å². The fraction of sp³-hybridized carbons (Fsp3) is 0.873. The van der Waals surface area contributed by atoms with E-state index >= 15 is 0 Å². The minimum Gasteiger partial charge on any atom is -0.396 e. The molecular formula is C79H114O23. The Hall–Kier alpha value is -2.54. The first-order chi connectivity index (χ1) is 49.3. The highest BCUT2D eigenvalue weighted by atomic mass is 16.8. The van der Waals surface area contributed by atoms with Crippen LogP contribution >= 0.6 is 0 Å². The van der Waals surface area contributed by atoms with Crippen molar-refractivity contribution >= 4 is 11.6 Å². The lowest BCUT2D eigenvalue weighted by atomic mass is 9.81. The van der Waals surface area contributed by atoms with Crippen molar-refractivity contribution in [3.05, 3.63) is 48.6 Å². The normalized spacial score (nSPS) is 52.9. The Morgan fingerprint density at radius 3 is 1.29 bits per heavy atom. The lowest BCUT2D eigenvalue weighted by molar-refractivity contribution is -0.292. The molecule has 20 aliphatic rings. The number of Topliss-reactive ketones (excluding diaryl/α,β-unsaturated/α-hetero) is 2. The quantitative estimate of drug-likeness (QED) is 0.207. The molecule has 0 amide bonds. The Labute approximate surface area is 600 Å². The predicted molar refractivity (Wildman–Crippen MR) is 363 cm³/mol. The third-order valence-electron chi connectivity index (χ3n) is 27.5. The third kappa shape index (κ3) is 13.8. The number of methoxy groups -OCH3 is 2. The number of hydrogen-bond acceptors (Lipinski definition) is 23. The molecule has 0 aromatic carbocycles. The number of hydrogen-bond donors (Lipinski definition) is 3. The van der Waals surface area contributed by atoms with Crippen LogP contribution < -0.4 is 0 Å². The van der Waals surface area contributed by atoms with Crippen LogP contribution in [-0.2, 0) is 94.9 Å². The van der Waals surface area contributed by atoms with Crippen molar-refractivity contribution in [2.45, 2.75) is 382 Å². The first-order valence-electron chi connectivity index (χ1n) is 39.6. The first kappa shape index (κ1) is 72.3. The largest absolute Gasteiger partial charge is 0.396 e. The molecule has 2 spiro atoms. The Morgan fingerprint density at radius 1 is 0.422 bits per heavy atom. The molecule has 20 rings (SSSR count). The van der Waals surface area contributed by atoms with Gasteiger partial charge in [0.2, 0.25) is 0 Å². The number of carbonyl (C=O) groups excluding carboxylic acids is 2. The summed E-state index contributed by atoms with van der Waals surface area (Å²) < 4.78 is 120. The van der Waals surface area contributed by atoms with Crippen LogP contribution in [0.5, 0.6) is 0 Å². The summed E-state index contributed by atoms with van der Waals surface area (Å²) in [5, 5.41) is 29.9. The summed E-state index contributed by atoms with van der Waals surface area (Å²) >= 11 is 0. The zero-order valence-corrected chi connectivity index (χ0v) is 60.3. The van der Waals surface area contributed by atoms with Gasteiger partial charge in [-0.1, -0.05) is 40.2 Å². The molecule has 0 aliphatic carbocycles. The summed E-state index contributed by atoms with van der Waals surface area (Å²) in [6.07, 6.45) is 10.3. The van der Waals surface area contributed by atoms with Crippen molar-refractivity contribution < 1.29 is 110 Å². The molecular weight excluding hydrogens is 1320 g/mol. The van der Waals surface area contributed by atoms with E-state index in [1.807, 2.05) is 0 Å². The maximum Gasteiger partial charge on any atom is 0.172 e. The molecule has 23 nitrogen and oxygen atoms in total. The van der Waals surface area contributed by atoms with E-state index in [1.165, 1.54) is 0 Å². The van der Waals surface area contributed by atoms with Crippen molar-refractivity contribution in [1.29, 1.82) is 0 Å². The van der Waals surface area contributed by atoms with Gasteiger partial charge < -0.3 is 101 Å². The van der Waals surface area contributed by atoms with Gasteiger partial charge in [-0.05, 0) is 130 Å². The minimum atomic E-state index is -0.951. The molecule has 0 aromatic rings. The van der Waals surface area contributed by atoms with Gasteiger partial charge in [-0.25, -0.2) is 0 Å². The van der Waals surface area contributed by atoms with E-state index in [2.05, 4.69) is 40.2 Å². The van der Waals surface area contributed by atoms with Crippen molar-refractivity contribution in [3.63, 3.8) is 0 Å². The lowest BCUT2D eigenvalue weighted by Crippen LogP contribution is -2.61. The van der Waals surface area contributed by atoms with Gasteiger partial charge in [0.15, 0.2) is 11.6 Å². The Kier molecular flexibility index (Phi) is 20.8. The van der Waals surface area contributed by atoms with Crippen LogP contribution in [-0.4, -0.2) is 255 Å². The number of ketones is 2. The van der Waals surface area contributed by atoms with Crippen LogP contribution in [0.3, 0.4) is 0 Å². The Balaban J connectivity index is 0.000000152. The predicted octanol–water partition coefficient (Wildman–Crippen LogP) is 7.58. The number of aliphatic hydroxyl groups excluding tert-OH is 3. The number of rotatable bonds is 7. The Bertz CT molecular complexity index is 3090. The molecule has 20 fully saturated rings. The van der Waals surface area contributed by atoms with E-state index < -0.39 is 29.9 Å². The van der Waals surface area contributed by atoms with Gasteiger partial charge in [0.25, 0.3) is 0 Å². The summed E-state index contributed by atoms with van der Waals surface area (Å²) in [5.74, 6) is -1.22. The molecule has 568 valence electrons. The SMILES string of the molecule is C=C1CC2CCC34CC5OC6C(O3)C3OC(CCC3O[C@H]6C5O4)CC(=O)CC3C(CC4OC(CCC1O2)CC(C)C4=C)OC(CC(O)CO)C3OC.C=C1CC2CCC34CC5OC6C(O3)C3OC(CCC3O[C@H]6C5O4)CC(=O)CC3C(CC4OC(CCC1O2)CC(C)C4=C)OC(CCO)C3OC. The van der Waals surface area contributed by atoms with Crippen molar-refractivity contribution in [2.24, 2.45) is 23.7 Å². The molecule has 37 atom stereocenters. The number of aliphatic hydroxyl groups is 3. The lowest BCUT2D eigenvalue weighted by Gasteiger charge is -2.47. The summed E-state index contributed by atoms with van der Waals surface area (Å²) in [4.78, 5) is 28.0. The molecule has 24 bridgehead atoms. The number of fused-ring (bicyclic) bond motifs is 12. The van der Waals surface area contributed by atoms with Gasteiger partial charge in [0, 0.05) is 103 Å². The third-order valence-corrected chi connectivity index (χ3v) is 27.5. The summed E-state index contributed by atoms with van der Waals surface area (Å²) in [5.41, 5.74) is 4.39. The average molecular weight is 1430 g/mol. The molecule has 20 aliphatic heterocycles. The maximum atomic E-state index is 14.0. The monoisotopic (exact) mass is 1430 g/mol. The average Bonchev–Trinajstić information content (AvgIpc) is 1.55. The zero-order chi connectivity index (χ0) is 70.2. The topological polar surface area (TPSA) is 261 Å². The second-order valence-electron chi connectivity index (χ2n) is 34.2. The maximum absolute atomic E-state index is 14.0. The van der Waals surface area contributed by atoms with Crippen molar-refractivity contribution in [2.75, 3.05) is 27.4 Å². The van der Waals surface area contributed by atoms with Gasteiger partial charge in [0.05, 0.1) is 135 Å². The standard InChI is InChI=1S/C40H58O12.C39H56O11/c1-19-11-24-5-7-28-20(2)12-26(45-28)9-10-40-17-33-36(51-40)37-38(50-33)39(52-40)35-29(49-37)8-6-25(47-35)13-22(42)14-27-31(16-30(46-24)21(19)3)48-32(34(27)44-4)15-23(43)18-41;1-19-13-23-5-7-27-20(2)14-25(43-27)9-11-39-18-32-35(49-39)36-37(48-32)38(50-39)34-28(47-36)8-6-24(45-34)15-22(41)16-26-31(17-30(44-23)21(19)3)46-29(10-12-40)33(26)42-4/h19,23-39,41,43H,2-3,5-18H2,1,4H3;19,23-38,40H,2-3,5-18H2,1,4H3/t19?,23?,24?,25?,26?,27?,28?,29?,30?,31?,32?,33?,34?,35?,36?,37-,38?,39?,40?;19?,23?,24?,25?,26?,27?,28?,29?,30?,31?,32?,33?,34?,35?,36-,37?,38?,39?/m00/s1. The minimum absolute atomic E-state index is 0.00233. The highest BCUT2D eigenvalue weighted by molar-refractivity contribution is 5.80. The van der Waals surface area contributed by atoms with E-state index in [9.17, 15) is 24.9 Å². The fourth-order valence-corrected chi connectivity index (χ4v) is 22.3. The molecule has 0 radical (unpaired) electrons. The highest BCUT2D eigenvalue weighted by Crippen LogP contribution is 2.57. The van der Waals surface area contributed by atoms with Gasteiger partial charge in [-0.3, -0.25) is 9.59 Å². The van der Waals surface area contributed by atoms with E-state index in [1.54, 1.807) is 14.2 Å². The van der Waals surface area contributed by atoms with Crippen molar-refractivity contribution in [3.8, 4) is 0 Å². The molecule has 0 saturated carbocycles. The summed E-state index contributed by atoms with van der Waals surface area (Å²) in [6.45, 7) is 21.8. The van der Waals surface area contributed by atoms with E-state index in [0.717, 1.165) is 106 Å². The molecule has 23 heteroatoms. The molecule has 0 aromatic heterocycles. The van der Waals surface area contributed by atoms with Crippen LogP contribution in [0.1, 0.15) is 181 Å².